The lowest BCUT2D eigenvalue weighted by molar-refractivity contribution is -0.165. The minimum atomic E-state index is -2.22. The van der Waals surface area contributed by atoms with E-state index >= 15 is 0 Å². The molecule has 0 aromatic rings. The van der Waals surface area contributed by atoms with E-state index in [1.807, 2.05) is 19.1 Å². The van der Waals surface area contributed by atoms with E-state index in [0.29, 0.717) is 11.6 Å². The summed E-state index contributed by atoms with van der Waals surface area (Å²) in [7, 11) is 0. The molecule has 0 amide bonds. The summed E-state index contributed by atoms with van der Waals surface area (Å²) in [4.78, 5) is 51.4. The minimum absolute atomic E-state index is 0.0682. The van der Waals surface area contributed by atoms with E-state index in [2.05, 4.69) is 19.9 Å². The van der Waals surface area contributed by atoms with Gasteiger partial charge in [0.15, 0.2) is 0 Å². The molecule has 0 radical (unpaired) electrons. The van der Waals surface area contributed by atoms with E-state index in [1.165, 1.54) is 13.1 Å². The van der Waals surface area contributed by atoms with Gasteiger partial charge in [0, 0.05) is 35.7 Å². The number of rotatable bonds is 10. The summed E-state index contributed by atoms with van der Waals surface area (Å²) in [5, 5.41) is 18.2. The fourth-order valence-electron chi connectivity index (χ4n) is 3.76. The zero-order valence-corrected chi connectivity index (χ0v) is 21.9. The Kier molecular flexibility index (Phi) is 9.78. The zero-order chi connectivity index (χ0) is 27.2. The molecule has 0 saturated carbocycles. The van der Waals surface area contributed by atoms with Crippen molar-refractivity contribution in [2.45, 2.75) is 53.1 Å². The van der Waals surface area contributed by atoms with Gasteiger partial charge in [0.2, 0.25) is 17.2 Å². The molecule has 0 aromatic heterocycles. The molecule has 1 heterocycles. The molecule has 1 aliphatic heterocycles. The molecule has 36 heavy (non-hydrogen) atoms. The molecule has 0 saturated heterocycles. The molecule has 0 spiro atoms. The topological polar surface area (TPSA) is 121 Å². The number of fused-ring (bicyclic) bond motifs is 1. The molecule has 8 nitrogen and oxygen atoms in total. The third-order valence-corrected chi connectivity index (χ3v) is 6.27. The average Bonchev–Trinajstić information content (AvgIpc) is 2.79. The van der Waals surface area contributed by atoms with Gasteiger partial charge in [0.05, 0.1) is 18.1 Å². The highest BCUT2D eigenvalue weighted by molar-refractivity contribution is 6.49. The quantitative estimate of drug-likeness (QED) is 0.193. The van der Waals surface area contributed by atoms with Crippen molar-refractivity contribution in [2.24, 2.45) is 5.92 Å². The van der Waals surface area contributed by atoms with Crippen molar-refractivity contribution in [2.75, 3.05) is 13.2 Å². The number of carboxylic acids is 1. The van der Waals surface area contributed by atoms with Crippen LogP contribution in [-0.2, 0) is 23.9 Å². The Morgan fingerprint density at radius 3 is 2.50 bits per heavy atom. The summed E-state index contributed by atoms with van der Waals surface area (Å²) in [6.07, 6.45) is 10.5. The summed E-state index contributed by atoms with van der Waals surface area (Å²) in [5.74, 6) is -3.40. The number of aliphatic hydroxyl groups is 1. The first-order chi connectivity index (χ1) is 16.8. The number of halogens is 1. The van der Waals surface area contributed by atoms with Crippen LogP contribution in [-0.4, -0.2) is 57.4 Å². The van der Waals surface area contributed by atoms with Crippen molar-refractivity contribution >= 4 is 35.1 Å². The fraction of sp³-hybridized carbons (Fsp3) is 0.407. The number of carbonyl (C=O) groups excluding carboxylic acids is 3. The summed E-state index contributed by atoms with van der Waals surface area (Å²) >= 11 is 6.39. The number of ether oxygens (including phenoxy) is 1. The minimum Gasteiger partial charge on any atom is -0.481 e. The molecule has 2 N–H and O–H groups in total. The molecule has 0 aromatic carbocycles. The third kappa shape index (κ3) is 6.71. The van der Waals surface area contributed by atoms with Crippen LogP contribution in [0.1, 0.15) is 47.5 Å². The van der Waals surface area contributed by atoms with E-state index in [0.717, 1.165) is 25.0 Å². The number of nitrogens with zero attached hydrogens (tertiary/aromatic N) is 1. The van der Waals surface area contributed by atoms with Crippen LogP contribution in [0.15, 0.2) is 69.6 Å². The molecular weight excluding hydrogens is 486 g/mol. The van der Waals surface area contributed by atoms with E-state index in [4.69, 9.17) is 21.4 Å². The Labute approximate surface area is 215 Å². The van der Waals surface area contributed by atoms with Crippen molar-refractivity contribution in [3.05, 3.63) is 69.6 Å². The van der Waals surface area contributed by atoms with Crippen LogP contribution in [0.2, 0.25) is 0 Å². The maximum Gasteiger partial charge on any atom is 0.332 e. The van der Waals surface area contributed by atoms with Crippen LogP contribution in [0.25, 0.3) is 0 Å². The van der Waals surface area contributed by atoms with Gasteiger partial charge in [-0.15, -0.1) is 0 Å². The molecule has 2 atom stereocenters. The Hall–Kier alpha value is -3.23. The number of aliphatic carboxylic acids is 1. The number of hydrogen-bond acceptors (Lipinski definition) is 7. The summed E-state index contributed by atoms with van der Waals surface area (Å²) in [6, 6.07) is 0. The molecule has 194 valence electrons. The smallest absolute Gasteiger partial charge is 0.332 e. The largest absolute Gasteiger partial charge is 0.481 e. The molecule has 2 aliphatic rings. The Bertz CT molecular complexity index is 1140. The van der Waals surface area contributed by atoms with Gasteiger partial charge in [-0.05, 0) is 38.8 Å². The van der Waals surface area contributed by atoms with Gasteiger partial charge >= 0.3 is 11.9 Å². The molecular formula is C27H32ClNO7. The van der Waals surface area contributed by atoms with Crippen molar-refractivity contribution in [3.63, 3.8) is 0 Å². The normalized spacial score (nSPS) is 21.9. The molecule has 9 heteroatoms. The van der Waals surface area contributed by atoms with E-state index in [1.54, 1.807) is 11.0 Å². The molecule has 0 fully saturated rings. The Morgan fingerprint density at radius 1 is 1.25 bits per heavy atom. The van der Waals surface area contributed by atoms with Crippen LogP contribution in [0.5, 0.6) is 0 Å². The number of carboxylic acid groups (broad SMARTS) is 1. The number of esters is 1. The van der Waals surface area contributed by atoms with E-state index in [9.17, 15) is 24.3 Å². The first-order valence-electron chi connectivity index (χ1n) is 11.6. The van der Waals surface area contributed by atoms with Crippen LogP contribution in [0.4, 0.5) is 0 Å². The molecule has 2 rings (SSSR count). The Morgan fingerprint density at radius 2 is 1.92 bits per heavy atom. The number of aliphatic hydroxyl groups excluding tert-OH is 1. The predicted octanol–water partition coefficient (Wildman–Crippen LogP) is 3.98. The van der Waals surface area contributed by atoms with Gasteiger partial charge in [0.1, 0.15) is 0 Å². The second-order valence-electron chi connectivity index (χ2n) is 9.06. The monoisotopic (exact) mass is 517 g/mol. The van der Waals surface area contributed by atoms with Gasteiger partial charge in [-0.3, -0.25) is 14.4 Å². The molecule has 0 bridgehead atoms. The number of allylic oxidation sites excluding steroid dienone is 6. The lowest BCUT2D eigenvalue weighted by Crippen LogP contribution is -2.52. The Balaban J connectivity index is 2.46. The highest BCUT2D eigenvalue weighted by Crippen LogP contribution is 2.39. The summed E-state index contributed by atoms with van der Waals surface area (Å²) in [5.41, 5.74) is -0.103. The van der Waals surface area contributed by atoms with Crippen molar-refractivity contribution in [1.82, 2.24) is 4.90 Å². The standard InChI is InChI=1S/C27H32ClNO7/c1-6-16(2)11-17(3)7-8-19-14-20-21(15-29(19)9-10-30)25(34)27(5,26(35)24(20)28)36-23(33)13-18(4)12-22(31)32/h7-8,11,13-16,30H,6,9-10,12H2,1-5H3,(H,31,32)/b8-7+,17-11+,18-13+/t16-,27-/m0/s1. The number of carbonyl (C=O) groups is 4. The maximum absolute atomic E-state index is 13.4. The highest BCUT2D eigenvalue weighted by Gasteiger charge is 2.52. The fourth-order valence-corrected chi connectivity index (χ4v) is 4.10. The van der Waals surface area contributed by atoms with E-state index in [-0.39, 0.29) is 34.9 Å². The first-order valence-corrected chi connectivity index (χ1v) is 12.0. The molecule has 1 aliphatic carbocycles. The lowest BCUT2D eigenvalue weighted by atomic mass is 9.79. The summed E-state index contributed by atoms with van der Waals surface area (Å²) in [6.45, 7) is 8.74. The van der Waals surface area contributed by atoms with Crippen molar-refractivity contribution in [3.8, 4) is 0 Å². The van der Waals surface area contributed by atoms with Gasteiger partial charge in [0.25, 0.3) is 0 Å². The second kappa shape index (κ2) is 12.1. The van der Waals surface area contributed by atoms with Crippen LogP contribution < -0.4 is 0 Å². The second-order valence-corrected chi connectivity index (χ2v) is 9.44. The van der Waals surface area contributed by atoms with Gasteiger partial charge in [-0.2, -0.15) is 0 Å². The van der Waals surface area contributed by atoms with Crippen molar-refractivity contribution < 1.29 is 34.1 Å². The number of Topliss-reactive ketones (excluding diaryl/α,β-unsaturated/α-hetero) is 2. The SMILES string of the molecule is CC[C@H](C)/C=C(C)/C=C/C1=CC2=C(Cl)C(=O)[C@@](C)(OC(=O)/C=C(\C)CC(=O)O)C(=O)C2=CN1CCO. The summed E-state index contributed by atoms with van der Waals surface area (Å²) < 4.78 is 5.25. The van der Waals surface area contributed by atoms with Crippen LogP contribution in [0, 0.1) is 5.92 Å². The lowest BCUT2D eigenvalue weighted by Gasteiger charge is -2.35. The predicted molar refractivity (Wildman–Crippen MR) is 136 cm³/mol. The number of β-amino-alcohol motifs (C(OH)–C–C–N with tert-alkyl or cyclic N) is 1. The van der Waals surface area contributed by atoms with E-state index < -0.39 is 35.5 Å². The number of hydrogen-bond donors (Lipinski definition) is 2. The average molecular weight is 518 g/mol. The maximum atomic E-state index is 13.4. The molecule has 0 unspecified atom stereocenters. The third-order valence-electron chi connectivity index (χ3n) is 5.89. The van der Waals surface area contributed by atoms with Gasteiger partial charge in [-0.1, -0.05) is 55.2 Å². The van der Waals surface area contributed by atoms with Crippen molar-refractivity contribution in [1.29, 1.82) is 0 Å². The zero-order valence-electron chi connectivity index (χ0n) is 21.1. The van der Waals surface area contributed by atoms with Gasteiger partial charge < -0.3 is 19.8 Å². The highest BCUT2D eigenvalue weighted by atomic mass is 35.5. The van der Waals surface area contributed by atoms with Crippen LogP contribution >= 0.6 is 11.6 Å². The van der Waals surface area contributed by atoms with Gasteiger partial charge in [-0.25, -0.2) is 4.79 Å². The number of ketones is 2. The first kappa shape index (κ1) is 29.0. The van der Waals surface area contributed by atoms with Crippen LogP contribution in [0.3, 0.4) is 0 Å².